The molecular formula is C21H24N4O2. The number of nitrogens with zero attached hydrogens (tertiary/aromatic N) is 3. The summed E-state index contributed by atoms with van der Waals surface area (Å²) in [6.45, 7) is 7.68. The third-order valence-electron chi connectivity index (χ3n) is 5.17. The van der Waals surface area contributed by atoms with Crippen LogP contribution in [0.3, 0.4) is 0 Å². The van der Waals surface area contributed by atoms with E-state index in [4.69, 9.17) is 4.42 Å². The maximum absolute atomic E-state index is 13.2. The molecule has 27 heavy (non-hydrogen) atoms. The van der Waals surface area contributed by atoms with Crippen LogP contribution in [0.1, 0.15) is 46.5 Å². The summed E-state index contributed by atoms with van der Waals surface area (Å²) in [5.74, 6) is 1.17. The Kier molecular flexibility index (Phi) is 4.56. The molecular weight excluding hydrogens is 340 g/mol. The van der Waals surface area contributed by atoms with Gasteiger partial charge in [-0.05, 0) is 57.2 Å². The minimum absolute atomic E-state index is 0.187. The van der Waals surface area contributed by atoms with Crippen LogP contribution in [-0.4, -0.2) is 29.0 Å². The number of carbonyl (C=O) groups excluding carboxylic acids is 1. The first-order valence-electron chi connectivity index (χ1n) is 9.42. The summed E-state index contributed by atoms with van der Waals surface area (Å²) in [6.07, 6.45) is 5.01. The fourth-order valence-corrected chi connectivity index (χ4v) is 3.70. The lowest BCUT2D eigenvalue weighted by Crippen LogP contribution is -2.30. The van der Waals surface area contributed by atoms with Gasteiger partial charge in [0.15, 0.2) is 0 Å². The lowest BCUT2D eigenvalue weighted by molar-refractivity contribution is 0.102. The molecule has 0 radical (unpaired) electrons. The Morgan fingerprint density at radius 1 is 1.11 bits per heavy atom. The highest BCUT2D eigenvalue weighted by atomic mass is 16.3. The van der Waals surface area contributed by atoms with Gasteiger partial charge in [0.2, 0.25) is 5.71 Å². The van der Waals surface area contributed by atoms with E-state index in [-0.39, 0.29) is 5.91 Å². The van der Waals surface area contributed by atoms with E-state index in [1.165, 1.54) is 12.7 Å². The molecule has 1 aliphatic heterocycles. The number of furan rings is 1. The smallest absolute Gasteiger partial charge is 0.260 e. The molecule has 4 rings (SSSR count). The highest BCUT2D eigenvalue weighted by Gasteiger charge is 2.26. The van der Waals surface area contributed by atoms with E-state index in [2.05, 4.69) is 20.2 Å². The van der Waals surface area contributed by atoms with E-state index in [9.17, 15) is 4.79 Å². The average molecular weight is 364 g/mol. The minimum atomic E-state index is -0.187. The molecule has 0 aliphatic carbocycles. The highest BCUT2D eigenvalue weighted by Crippen LogP contribution is 2.33. The van der Waals surface area contributed by atoms with Gasteiger partial charge in [-0.25, -0.2) is 9.97 Å². The lowest BCUT2D eigenvalue weighted by Gasteiger charge is -2.28. The van der Waals surface area contributed by atoms with Crippen molar-refractivity contribution in [2.75, 3.05) is 23.3 Å². The molecule has 0 unspecified atom stereocenters. The number of fused-ring (bicyclic) bond motifs is 1. The molecule has 0 spiro atoms. The number of benzene rings is 1. The molecule has 1 fully saturated rings. The monoisotopic (exact) mass is 364 g/mol. The maximum Gasteiger partial charge on any atom is 0.260 e. The number of piperidine rings is 1. The molecule has 2 aromatic heterocycles. The van der Waals surface area contributed by atoms with E-state index in [1.807, 2.05) is 32.0 Å². The Morgan fingerprint density at radius 3 is 2.67 bits per heavy atom. The van der Waals surface area contributed by atoms with Crippen molar-refractivity contribution in [1.82, 2.24) is 9.97 Å². The van der Waals surface area contributed by atoms with Crippen molar-refractivity contribution in [3.63, 3.8) is 0 Å². The van der Waals surface area contributed by atoms with Gasteiger partial charge in [0.05, 0.1) is 10.9 Å². The molecule has 0 bridgehead atoms. The fraction of sp³-hybridized carbons (Fsp3) is 0.381. The first kappa shape index (κ1) is 17.5. The topological polar surface area (TPSA) is 71.3 Å². The summed E-state index contributed by atoms with van der Waals surface area (Å²) in [5.41, 5.74) is 3.92. The lowest BCUT2D eigenvalue weighted by atomic mass is 10.1. The van der Waals surface area contributed by atoms with Crippen LogP contribution in [0, 0.1) is 20.8 Å². The van der Waals surface area contributed by atoms with Gasteiger partial charge in [0, 0.05) is 18.8 Å². The van der Waals surface area contributed by atoms with Gasteiger partial charge in [0.1, 0.15) is 17.9 Å². The number of rotatable bonds is 3. The van der Waals surface area contributed by atoms with Crippen molar-refractivity contribution in [2.45, 2.75) is 40.0 Å². The molecule has 0 atom stereocenters. The number of carbonyl (C=O) groups is 1. The summed E-state index contributed by atoms with van der Waals surface area (Å²) < 4.78 is 5.80. The Balaban J connectivity index is 1.77. The number of hydrogen-bond donors (Lipinski definition) is 1. The van der Waals surface area contributed by atoms with Gasteiger partial charge >= 0.3 is 0 Å². The Morgan fingerprint density at radius 2 is 1.89 bits per heavy atom. The molecule has 3 heterocycles. The van der Waals surface area contributed by atoms with Crippen LogP contribution < -0.4 is 10.2 Å². The average Bonchev–Trinajstić information content (AvgIpc) is 3.01. The van der Waals surface area contributed by atoms with Crippen LogP contribution >= 0.6 is 0 Å². The summed E-state index contributed by atoms with van der Waals surface area (Å²) in [7, 11) is 0. The molecule has 0 saturated carbocycles. The highest BCUT2D eigenvalue weighted by molar-refractivity contribution is 6.15. The molecule has 1 N–H and O–H groups in total. The second-order valence-electron chi connectivity index (χ2n) is 7.23. The Labute approximate surface area is 158 Å². The zero-order valence-electron chi connectivity index (χ0n) is 16.0. The van der Waals surface area contributed by atoms with Crippen molar-refractivity contribution < 1.29 is 9.21 Å². The van der Waals surface area contributed by atoms with Crippen molar-refractivity contribution >= 4 is 28.5 Å². The zero-order chi connectivity index (χ0) is 19.0. The zero-order valence-corrected chi connectivity index (χ0v) is 16.0. The van der Waals surface area contributed by atoms with E-state index < -0.39 is 0 Å². The van der Waals surface area contributed by atoms with E-state index in [0.717, 1.165) is 48.6 Å². The predicted molar refractivity (Wildman–Crippen MR) is 106 cm³/mol. The van der Waals surface area contributed by atoms with Crippen molar-refractivity contribution in [3.05, 3.63) is 47.0 Å². The Hall–Kier alpha value is -2.89. The molecule has 6 nitrogen and oxygen atoms in total. The second-order valence-corrected chi connectivity index (χ2v) is 7.23. The number of aryl methyl sites for hydroxylation is 3. The molecule has 140 valence electrons. The Bertz CT molecular complexity index is 1000. The van der Waals surface area contributed by atoms with Crippen LogP contribution in [0.4, 0.5) is 11.5 Å². The van der Waals surface area contributed by atoms with Gasteiger partial charge < -0.3 is 14.6 Å². The maximum atomic E-state index is 13.2. The third kappa shape index (κ3) is 3.27. The quantitative estimate of drug-likeness (QED) is 0.746. The van der Waals surface area contributed by atoms with Crippen molar-refractivity contribution in [1.29, 1.82) is 0 Å². The summed E-state index contributed by atoms with van der Waals surface area (Å²) in [6, 6.07) is 6.02. The summed E-state index contributed by atoms with van der Waals surface area (Å²) in [5, 5.41) is 3.75. The molecule has 1 amide bonds. The van der Waals surface area contributed by atoms with Crippen LogP contribution in [0.2, 0.25) is 0 Å². The number of amides is 1. The summed E-state index contributed by atoms with van der Waals surface area (Å²) in [4.78, 5) is 24.2. The molecule has 1 aliphatic rings. The van der Waals surface area contributed by atoms with Crippen LogP contribution in [0.5, 0.6) is 0 Å². The standard InChI is InChI=1S/C21H24N4O2/c1-13-7-8-14(2)16(11-13)24-20(26)17-15(3)27-21-18(17)19(22-12-23-21)25-9-5-4-6-10-25/h7-8,11-12H,4-6,9-10H2,1-3H3,(H,24,26). The third-order valence-corrected chi connectivity index (χ3v) is 5.17. The molecule has 6 heteroatoms. The van der Waals surface area contributed by atoms with E-state index in [0.29, 0.717) is 22.4 Å². The SMILES string of the molecule is Cc1ccc(C)c(NC(=O)c2c(C)oc3ncnc(N4CCCCC4)c23)c1. The van der Waals surface area contributed by atoms with Crippen molar-refractivity contribution in [2.24, 2.45) is 0 Å². The van der Waals surface area contributed by atoms with Crippen LogP contribution in [0.25, 0.3) is 11.1 Å². The fourth-order valence-electron chi connectivity index (χ4n) is 3.70. The van der Waals surface area contributed by atoms with Gasteiger partial charge in [-0.15, -0.1) is 0 Å². The second kappa shape index (κ2) is 7.02. The normalized spacial score (nSPS) is 14.6. The van der Waals surface area contributed by atoms with E-state index >= 15 is 0 Å². The predicted octanol–water partition coefficient (Wildman–Crippen LogP) is 4.39. The number of anilines is 2. The molecule has 1 aromatic carbocycles. The van der Waals surface area contributed by atoms with E-state index in [1.54, 1.807) is 6.92 Å². The van der Waals surface area contributed by atoms with Gasteiger partial charge in [0.25, 0.3) is 5.91 Å². The molecule has 1 saturated heterocycles. The van der Waals surface area contributed by atoms with Gasteiger partial charge in [-0.3, -0.25) is 4.79 Å². The first-order valence-corrected chi connectivity index (χ1v) is 9.42. The van der Waals surface area contributed by atoms with Gasteiger partial charge in [-0.2, -0.15) is 0 Å². The number of hydrogen-bond acceptors (Lipinski definition) is 5. The number of aromatic nitrogens is 2. The summed E-state index contributed by atoms with van der Waals surface area (Å²) >= 11 is 0. The number of nitrogens with one attached hydrogen (secondary N) is 1. The van der Waals surface area contributed by atoms with Gasteiger partial charge in [-0.1, -0.05) is 12.1 Å². The van der Waals surface area contributed by atoms with Crippen LogP contribution in [-0.2, 0) is 0 Å². The van der Waals surface area contributed by atoms with Crippen LogP contribution in [0.15, 0.2) is 28.9 Å². The van der Waals surface area contributed by atoms with Crippen molar-refractivity contribution in [3.8, 4) is 0 Å². The molecule has 3 aromatic rings. The minimum Gasteiger partial charge on any atom is -0.442 e. The first-order chi connectivity index (χ1) is 13.0. The largest absolute Gasteiger partial charge is 0.442 e.